The summed E-state index contributed by atoms with van der Waals surface area (Å²) in [5.41, 5.74) is 1.50. The van der Waals surface area contributed by atoms with Gasteiger partial charge in [0.15, 0.2) is 0 Å². The summed E-state index contributed by atoms with van der Waals surface area (Å²) >= 11 is 0. The zero-order valence-corrected chi connectivity index (χ0v) is 24.8. The van der Waals surface area contributed by atoms with E-state index in [9.17, 15) is 0 Å². The Hall–Kier alpha value is -1.57. The summed E-state index contributed by atoms with van der Waals surface area (Å²) in [6.45, 7) is 4.62. The van der Waals surface area contributed by atoms with Gasteiger partial charge in [-0.2, -0.15) is 0 Å². The van der Waals surface area contributed by atoms with Crippen molar-refractivity contribution in [2.24, 2.45) is 5.92 Å². The molecule has 1 N–H and O–H groups in total. The van der Waals surface area contributed by atoms with Gasteiger partial charge in [0.05, 0.1) is 0 Å². The third-order valence-corrected chi connectivity index (χ3v) is 8.37. The lowest BCUT2D eigenvalue weighted by atomic mass is 9.84. The highest BCUT2D eigenvalue weighted by Gasteiger charge is 2.26. The average Bonchev–Trinajstić information content (AvgIpc) is 3.46. The van der Waals surface area contributed by atoms with Crippen LogP contribution in [0.15, 0.2) is 49.1 Å². The van der Waals surface area contributed by atoms with Crippen LogP contribution < -0.4 is 4.57 Å². The lowest BCUT2D eigenvalue weighted by Crippen LogP contribution is -2.42. The lowest BCUT2D eigenvalue weighted by molar-refractivity contribution is -0.730. The van der Waals surface area contributed by atoms with Crippen molar-refractivity contribution in [3.05, 3.63) is 54.6 Å². The van der Waals surface area contributed by atoms with Crippen LogP contribution in [0.4, 0.5) is 0 Å². The highest BCUT2D eigenvalue weighted by Crippen LogP contribution is 2.29. The van der Waals surface area contributed by atoms with Crippen molar-refractivity contribution in [2.75, 3.05) is 0 Å². The Bertz CT molecular complexity index is 708. The molecule has 0 aliphatic heterocycles. The Labute approximate surface area is 231 Å². The standard InChI is InChI=1S/C35H60N2/c1-3-5-7-9-10-11-12-13-14-15-16-17-19-24-28-35(37-30-29-36-32-37)34(27-23-18-8-6-4-2)31-33-25-21-20-22-26-33/h20-22,25-26,29-30,32,34-35H,3-19,23-24,27-28,31H2,1-2H3/p+1. The smallest absolute Gasteiger partial charge is 0.241 e. The molecule has 0 spiro atoms. The summed E-state index contributed by atoms with van der Waals surface area (Å²) < 4.78 is 2.49. The SMILES string of the molecule is CCCCCCCCCCCCCCCCC(C(CCCCCCC)Cc1ccccc1)[n+]1cc[nH]c1. The van der Waals surface area contributed by atoms with Gasteiger partial charge < -0.3 is 0 Å². The van der Waals surface area contributed by atoms with E-state index in [1.165, 1.54) is 147 Å². The largest absolute Gasteiger partial charge is 0.250 e. The Kier molecular flexibility index (Phi) is 19.2. The summed E-state index contributed by atoms with van der Waals surface area (Å²) in [6, 6.07) is 11.8. The predicted molar refractivity (Wildman–Crippen MR) is 162 cm³/mol. The van der Waals surface area contributed by atoms with Crippen molar-refractivity contribution in [1.29, 1.82) is 0 Å². The Morgan fingerprint density at radius 3 is 1.57 bits per heavy atom. The summed E-state index contributed by atoms with van der Waals surface area (Å²) in [4.78, 5) is 3.33. The molecule has 0 saturated heterocycles. The molecule has 0 saturated carbocycles. The second-order valence-electron chi connectivity index (χ2n) is 11.7. The average molecular weight is 510 g/mol. The molecule has 0 fully saturated rings. The number of unbranched alkanes of at least 4 members (excludes halogenated alkanes) is 17. The quantitative estimate of drug-likeness (QED) is 0.101. The van der Waals surface area contributed by atoms with E-state index >= 15 is 0 Å². The summed E-state index contributed by atoms with van der Waals surface area (Å²) in [5, 5.41) is 0. The molecule has 0 bridgehead atoms. The molecule has 37 heavy (non-hydrogen) atoms. The van der Waals surface area contributed by atoms with Crippen LogP contribution in [0.25, 0.3) is 0 Å². The zero-order valence-electron chi connectivity index (χ0n) is 24.8. The second kappa shape index (κ2) is 22.4. The third kappa shape index (κ3) is 15.4. The topological polar surface area (TPSA) is 19.7 Å². The molecule has 2 aromatic rings. The minimum absolute atomic E-state index is 0.606. The van der Waals surface area contributed by atoms with Gasteiger partial charge in [0, 0.05) is 5.92 Å². The molecule has 2 nitrogen and oxygen atoms in total. The fourth-order valence-electron chi connectivity index (χ4n) is 6.04. The van der Waals surface area contributed by atoms with Crippen LogP contribution in [0.2, 0.25) is 0 Å². The maximum absolute atomic E-state index is 3.33. The van der Waals surface area contributed by atoms with E-state index in [0.29, 0.717) is 12.0 Å². The first-order valence-corrected chi connectivity index (χ1v) is 16.4. The minimum atomic E-state index is 0.606. The summed E-state index contributed by atoms with van der Waals surface area (Å²) in [6.07, 6.45) is 37.4. The van der Waals surface area contributed by atoms with Crippen LogP contribution in [0, 0.1) is 5.92 Å². The van der Waals surface area contributed by atoms with Crippen LogP contribution in [0.3, 0.4) is 0 Å². The highest BCUT2D eigenvalue weighted by atomic mass is 15.1. The molecule has 1 heterocycles. The molecule has 0 aliphatic rings. The molecule has 0 amide bonds. The number of aromatic amines is 1. The van der Waals surface area contributed by atoms with E-state index in [0.717, 1.165) is 0 Å². The van der Waals surface area contributed by atoms with Gasteiger partial charge in [-0.3, -0.25) is 4.98 Å². The number of hydrogen-bond donors (Lipinski definition) is 1. The molecular formula is C35H61N2+. The second-order valence-corrected chi connectivity index (χ2v) is 11.7. The maximum Gasteiger partial charge on any atom is 0.241 e. The van der Waals surface area contributed by atoms with E-state index in [1.807, 2.05) is 0 Å². The van der Waals surface area contributed by atoms with E-state index in [4.69, 9.17) is 0 Å². The summed E-state index contributed by atoms with van der Waals surface area (Å²) in [5.74, 6) is 0.715. The number of benzene rings is 1. The normalized spacial score (nSPS) is 13.1. The summed E-state index contributed by atoms with van der Waals surface area (Å²) in [7, 11) is 0. The highest BCUT2D eigenvalue weighted by molar-refractivity contribution is 5.15. The Morgan fingerprint density at radius 1 is 0.595 bits per heavy atom. The van der Waals surface area contributed by atoms with Crippen LogP contribution in [0.5, 0.6) is 0 Å². The van der Waals surface area contributed by atoms with Gasteiger partial charge in [-0.15, -0.1) is 0 Å². The molecular weight excluding hydrogens is 448 g/mol. The van der Waals surface area contributed by atoms with Crippen molar-refractivity contribution in [2.45, 2.75) is 161 Å². The van der Waals surface area contributed by atoms with E-state index in [1.54, 1.807) is 0 Å². The number of nitrogens with one attached hydrogen (secondary N) is 1. The first-order chi connectivity index (χ1) is 18.3. The Balaban J connectivity index is 1.71. The van der Waals surface area contributed by atoms with Gasteiger partial charge in [0.1, 0.15) is 18.4 Å². The molecule has 2 atom stereocenters. The molecule has 210 valence electrons. The molecule has 1 aromatic heterocycles. The van der Waals surface area contributed by atoms with E-state index in [-0.39, 0.29) is 0 Å². The number of imidazole rings is 1. The van der Waals surface area contributed by atoms with Crippen LogP contribution in [0.1, 0.15) is 160 Å². The molecule has 2 rings (SSSR count). The van der Waals surface area contributed by atoms with Gasteiger partial charge in [0.25, 0.3) is 0 Å². The minimum Gasteiger partial charge on any atom is -0.250 e. The van der Waals surface area contributed by atoms with Gasteiger partial charge in [-0.25, -0.2) is 4.57 Å². The fraction of sp³-hybridized carbons (Fsp3) is 0.743. The van der Waals surface area contributed by atoms with Gasteiger partial charge in [-0.05, 0) is 31.2 Å². The van der Waals surface area contributed by atoms with Crippen molar-refractivity contribution in [3.63, 3.8) is 0 Å². The number of rotatable bonds is 25. The van der Waals surface area contributed by atoms with Crippen molar-refractivity contribution >= 4 is 0 Å². The van der Waals surface area contributed by atoms with Crippen LogP contribution in [-0.2, 0) is 6.42 Å². The van der Waals surface area contributed by atoms with Gasteiger partial charge >= 0.3 is 0 Å². The lowest BCUT2D eigenvalue weighted by Gasteiger charge is -2.25. The number of aromatic nitrogens is 2. The van der Waals surface area contributed by atoms with Gasteiger partial charge in [-0.1, -0.05) is 160 Å². The molecule has 1 aromatic carbocycles. The number of H-pyrrole nitrogens is 1. The monoisotopic (exact) mass is 509 g/mol. The van der Waals surface area contributed by atoms with E-state index < -0.39 is 0 Å². The van der Waals surface area contributed by atoms with Gasteiger partial charge in [0.2, 0.25) is 6.33 Å². The van der Waals surface area contributed by atoms with Crippen molar-refractivity contribution in [1.82, 2.24) is 4.98 Å². The molecule has 0 radical (unpaired) electrons. The first-order valence-electron chi connectivity index (χ1n) is 16.4. The van der Waals surface area contributed by atoms with Crippen LogP contribution >= 0.6 is 0 Å². The fourth-order valence-corrected chi connectivity index (χ4v) is 6.04. The van der Waals surface area contributed by atoms with Crippen molar-refractivity contribution < 1.29 is 4.57 Å². The molecule has 2 heteroatoms. The first kappa shape index (κ1) is 31.6. The van der Waals surface area contributed by atoms with Crippen LogP contribution in [-0.4, -0.2) is 4.98 Å². The molecule has 0 aliphatic carbocycles. The molecule has 2 unspecified atom stereocenters. The Morgan fingerprint density at radius 2 is 1.08 bits per heavy atom. The predicted octanol–water partition coefficient (Wildman–Crippen LogP) is 10.9. The van der Waals surface area contributed by atoms with Crippen molar-refractivity contribution in [3.8, 4) is 0 Å². The maximum atomic E-state index is 3.33. The number of nitrogens with zero attached hydrogens (tertiary/aromatic N) is 1. The zero-order chi connectivity index (χ0) is 26.2. The van der Waals surface area contributed by atoms with E-state index in [2.05, 4.69) is 72.5 Å². The third-order valence-electron chi connectivity index (χ3n) is 8.37. The number of hydrogen-bond acceptors (Lipinski definition) is 0.